The third kappa shape index (κ3) is 8.27. The van der Waals surface area contributed by atoms with Gasteiger partial charge < -0.3 is 20.3 Å². The quantitative estimate of drug-likeness (QED) is 0.555. The molecule has 0 aromatic heterocycles. The van der Waals surface area contributed by atoms with Crippen molar-refractivity contribution in [3.63, 3.8) is 0 Å². The molecule has 0 radical (unpaired) electrons. The van der Waals surface area contributed by atoms with Crippen molar-refractivity contribution in [3.8, 4) is 0 Å². The van der Waals surface area contributed by atoms with Crippen LogP contribution in [0.2, 0.25) is 0 Å². The number of ether oxygens (including phenoxy) is 1. The first kappa shape index (κ1) is 18.2. The van der Waals surface area contributed by atoms with Crippen molar-refractivity contribution in [3.05, 3.63) is 0 Å². The SMILES string of the molecule is CN=C(NCC1CN(C)CCO1)NC(C)CCCC(C)C. The highest BCUT2D eigenvalue weighted by Crippen LogP contribution is 2.08. The highest BCUT2D eigenvalue weighted by molar-refractivity contribution is 5.79. The third-order valence-electron chi connectivity index (χ3n) is 3.86. The number of hydrogen-bond acceptors (Lipinski definition) is 3. The van der Waals surface area contributed by atoms with Gasteiger partial charge in [0.2, 0.25) is 0 Å². The Kier molecular flexibility index (Phi) is 8.69. The van der Waals surface area contributed by atoms with Crippen LogP contribution in [-0.4, -0.2) is 63.3 Å². The Morgan fingerprint density at radius 1 is 1.33 bits per heavy atom. The summed E-state index contributed by atoms with van der Waals surface area (Å²) in [5.74, 6) is 1.67. The topological polar surface area (TPSA) is 48.9 Å². The summed E-state index contributed by atoms with van der Waals surface area (Å²) >= 11 is 0. The van der Waals surface area contributed by atoms with E-state index in [0.29, 0.717) is 6.04 Å². The zero-order valence-corrected chi connectivity index (χ0v) is 14.5. The molecule has 0 saturated carbocycles. The van der Waals surface area contributed by atoms with Crippen LogP contribution in [0, 0.1) is 5.92 Å². The molecule has 2 N–H and O–H groups in total. The largest absolute Gasteiger partial charge is 0.374 e. The van der Waals surface area contributed by atoms with Crippen LogP contribution in [0.5, 0.6) is 0 Å². The van der Waals surface area contributed by atoms with Crippen LogP contribution < -0.4 is 10.6 Å². The molecule has 1 heterocycles. The minimum Gasteiger partial charge on any atom is -0.374 e. The lowest BCUT2D eigenvalue weighted by molar-refractivity contribution is -0.0161. The van der Waals surface area contributed by atoms with Crippen LogP contribution >= 0.6 is 0 Å². The summed E-state index contributed by atoms with van der Waals surface area (Å²) in [5, 5.41) is 6.84. The fraction of sp³-hybridized carbons (Fsp3) is 0.938. The van der Waals surface area contributed by atoms with E-state index in [1.807, 2.05) is 7.05 Å². The van der Waals surface area contributed by atoms with Crippen molar-refractivity contribution in [2.45, 2.75) is 52.2 Å². The van der Waals surface area contributed by atoms with Gasteiger partial charge in [-0.2, -0.15) is 0 Å². The molecule has 1 rings (SSSR count). The van der Waals surface area contributed by atoms with Gasteiger partial charge in [0.1, 0.15) is 0 Å². The molecule has 2 unspecified atom stereocenters. The molecule has 5 heteroatoms. The van der Waals surface area contributed by atoms with E-state index in [4.69, 9.17) is 4.74 Å². The summed E-state index contributed by atoms with van der Waals surface area (Å²) in [6.07, 6.45) is 3.99. The first-order valence-electron chi connectivity index (χ1n) is 8.28. The van der Waals surface area contributed by atoms with Crippen molar-refractivity contribution >= 4 is 5.96 Å². The standard InChI is InChI=1S/C16H34N4O/c1-13(2)7-6-8-14(3)19-16(17-4)18-11-15-12-20(5)9-10-21-15/h13-15H,6-12H2,1-5H3,(H2,17,18,19). The first-order valence-corrected chi connectivity index (χ1v) is 8.28. The van der Waals surface area contributed by atoms with Crippen LogP contribution in [0.25, 0.3) is 0 Å². The Morgan fingerprint density at radius 3 is 2.71 bits per heavy atom. The molecule has 124 valence electrons. The number of guanidine groups is 1. The molecule has 1 aliphatic rings. The fourth-order valence-electron chi connectivity index (χ4n) is 2.53. The number of morpholine rings is 1. The highest BCUT2D eigenvalue weighted by Gasteiger charge is 2.17. The second kappa shape index (κ2) is 10.0. The van der Waals surface area contributed by atoms with Crippen molar-refractivity contribution in [1.29, 1.82) is 0 Å². The van der Waals surface area contributed by atoms with Gasteiger partial charge in [0.05, 0.1) is 12.7 Å². The lowest BCUT2D eigenvalue weighted by Crippen LogP contribution is -2.49. The Hall–Kier alpha value is -0.810. The van der Waals surface area contributed by atoms with E-state index >= 15 is 0 Å². The molecule has 0 aromatic carbocycles. The lowest BCUT2D eigenvalue weighted by atomic mass is 10.0. The fourth-order valence-corrected chi connectivity index (χ4v) is 2.53. The summed E-state index contributed by atoms with van der Waals surface area (Å²) in [6.45, 7) is 10.4. The van der Waals surface area contributed by atoms with Gasteiger partial charge in [0, 0.05) is 32.7 Å². The third-order valence-corrected chi connectivity index (χ3v) is 3.86. The van der Waals surface area contributed by atoms with E-state index in [9.17, 15) is 0 Å². The van der Waals surface area contributed by atoms with Gasteiger partial charge in [-0.15, -0.1) is 0 Å². The minimum atomic E-state index is 0.249. The summed E-state index contributed by atoms with van der Waals surface area (Å²) in [7, 11) is 3.96. The molecule has 2 atom stereocenters. The molecule has 0 bridgehead atoms. The van der Waals surface area contributed by atoms with Crippen LogP contribution in [-0.2, 0) is 4.74 Å². The molecular weight excluding hydrogens is 264 g/mol. The molecular formula is C16H34N4O. The van der Waals surface area contributed by atoms with Gasteiger partial charge in [0.15, 0.2) is 5.96 Å². The number of likely N-dealkylation sites (N-methyl/N-ethyl adjacent to an activating group) is 1. The molecule has 1 fully saturated rings. The number of rotatable bonds is 7. The van der Waals surface area contributed by atoms with E-state index < -0.39 is 0 Å². The van der Waals surface area contributed by atoms with Crippen LogP contribution in [0.15, 0.2) is 4.99 Å². The molecule has 0 aromatic rings. The monoisotopic (exact) mass is 298 g/mol. The highest BCUT2D eigenvalue weighted by atomic mass is 16.5. The molecule has 1 aliphatic heterocycles. The van der Waals surface area contributed by atoms with Crippen molar-refractivity contribution < 1.29 is 4.74 Å². The lowest BCUT2D eigenvalue weighted by Gasteiger charge is -2.30. The molecule has 0 amide bonds. The van der Waals surface area contributed by atoms with E-state index in [1.165, 1.54) is 19.3 Å². The average molecular weight is 298 g/mol. The molecule has 0 aliphatic carbocycles. The van der Waals surface area contributed by atoms with E-state index in [0.717, 1.165) is 38.1 Å². The summed E-state index contributed by atoms with van der Waals surface area (Å²) in [6, 6.07) is 0.449. The summed E-state index contributed by atoms with van der Waals surface area (Å²) < 4.78 is 5.75. The zero-order valence-electron chi connectivity index (χ0n) is 14.5. The van der Waals surface area contributed by atoms with E-state index in [2.05, 4.69) is 48.3 Å². The summed E-state index contributed by atoms with van der Waals surface area (Å²) in [4.78, 5) is 6.61. The second-order valence-corrected chi connectivity index (χ2v) is 6.58. The number of aliphatic imine (C=N–C) groups is 1. The predicted octanol–water partition coefficient (Wildman–Crippen LogP) is 1.70. The van der Waals surface area contributed by atoms with E-state index in [-0.39, 0.29) is 6.10 Å². The predicted molar refractivity (Wildman–Crippen MR) is 89.9 cm³/mol. The Bertz CT molecular complexity index is 307. The summed E-state index contributed by atoms with van der Waals surface area (Å²) in [5.41, 5.74) is 0. The number of nitrogens with one attached hydrogen (secondary N) is 2. The minimum absolute atomic E-state index is 0.249. The smallest absolute Gasteiger partial charge is 0.191 e. The maximum atomic E-state index is 5.75. The van der Waals surface area contributed by atoms with Gasteiger partial charge in [-0.25, -0.2) is 0 Å². The maximum Gasteiger partial charge on any atom is 0.191 e. The number of nitrogens with zero attached hydrogens (tertiary/aromatic N) is 2. The zero-order chi connectivity index (χ0) is 15.7. The van der Waals surface area contributed by atoms with Gasteiger partial charge in [0.25, 0.3) is 0 Å². The van der Waals surface area contributed by atoms with Gasteiger partial charge in [-0.1, -0.05) is 26.7 Å². The van der Waals surface area contributed by atoms with Crippen molar-refractivity contribution in [1.82, 2.24) is 15.5 Å². The van der Waals surface area contributed by atoms with Crippen molar-refractivity contribution in [2.75, 3.05) is 40.3 Å². The Balaban J connectivity index is 2.21. The van der Waals surface area contributed by atoms with E-state index in [1.54, 1.807) is 0 Å². The maximum absolute atomic E-state index is 5.75. The van der Waals surface area contributed by atoms with Crippen LogP contribution in [0.4, 0.5) is 0 Å². The second-order valence-electron chi connectivity index (χ2n) is 6.58. The van der Waals surface area contributed by atoms with Crippen LogP contribution in [0.3, 0.4) is 0 Å². The Morgan fingerprint density at radius 2 is 2.10 bits per heavy atom. The van der Waals surface area contributed by atoms with Crippen LogP contribution in [0.1, 0.15) is 40.0 Å². The normalized spacial score (nSPS) is 22.4. The van der Waals surface area contributed by atoms with Crippen molar-refractivity contribution in [2.24, 2.45) is 10.9 Å². The average Bonchev–Trinajstić information content (AvgIpc) is 2.43. The number of hydrogen-bond donors (Lipinski definition) is 2. The Labute approximate surface area is 130 Å². The molecule has 5 nitrogen and oxygen atoms in total. The van der Waals surface area contributed by atoms with Gasteiger partial charge in [-0.3, -0.25) is 4.99 Å². The molecule has 1 saturated heterocycles. The van der Waals surface area contributed by atoms with Gasteiger partial charge >= 0.3 is 0 Å². The first-order chi connectivity index (χ1) is 10.0. The van der Waals surface area contributed by atoms with Gasteiger partial charge in [-0.05, 0) is 26.3 Å². The molecule has 21 heavy (non-hydrogen) atoms. The molecule has 0 spiro atoms.